The van der Waals surface area contributed by atoms with Crippen LogP contribution >= 0.6 is 22.6 Å². The van der Waals surface area contributed by atoms with E-state index in [9.17, 15) is 4.79 Å². The number of H-pyrrole nitrogens is 1. The van der Waals surface area contributed by atoms with Gasteiger partial charge in [-0.2, -0.15) is 0 Å². The van der Waals surface area contributed by atoms with Gasteiger partial charge in [0.1, 0.15) is 0 Å². The molecular weight excluding hydrogens is 375 g/mol. The number of nitrogens with one attached hydrogen (secondary N) is 2. The lowest BCUT2D eigenvalue weighted by atomic mass is 10.1. The number of aromatic nitrogens is 1. The van der Waals surface area contributed by atoms with Crippen molar-refractivity contribution in [1.29, 1.82) is 0 Å². The molecule has 2 N–H and O–H groups in total. The maximum atomic E-state index is 12.1. The van der Waals surface area contributed by atoms with Crippen LogP contribution in [0, 0.1) is 3.57 Å². The molecule has 0 saturated heterocycles. The second-order valence-electron chi connectivity index (χ2n) is 4.89. The monoisotopic (exact) mass is 390 g/mol. The third kappa shape index (κ3) is 3.26. The smallest absolute Gasteiger partial charge is 0.224 e. The van der Waals surface area contributed by atoms with Crippen LogP contribution in [0.1, 0.15) is 12.0 Å². The normalized spacial score (nSPS) is 10.7. The van der Waals surface area contributed by atoms with Crippen LogP contribution in [0.15, 0.2) is 54.7 Å². The lowest BCUT2D eigenvalue weighted by molar-refractivity contribution is -0.116. The fourth-order valence-corrected chi connectivity index (χ4v) is 2.88. The second-order valence-corrected chi connectivity index (χ2v) is 6.05. The number of aromatic amines is 1. The fourth-order valence-electron chi connectivity index (χ4n) is 2.36. The number of aryl methyl sites for hydroxylation is 1. The molecule has 1 aromatic heterocycles. The third-order valence-corrected chi connectivity index (χ3v) is 4.38. The number of carbonyl (C=O) groups is 1. The van der Waals surface area contributed by atoms with E-state index >= 15 is 0 Å². The van der Waals surface area contributed by atoms with Gasteiger partial charge in [-0.25, -0.2) is 0 Å². The summed E-state index contributed by atoms with van der Waals surface area (Å²) in [5, 5.41) is 4.16. The van der Waals surface area contributed by atoms with Crippen LogP contribution in [-0.4, -0.2) is 10.9 Å². The van der Waals surface area contributed by atoms with E-state index < -0.39 is 0 Å². The minimum Gasteiger partial charge on any atom is -0.361 e. The summed E-state index contributed by atoms with van der Waals surface area (Å²) in [7, 11) is 0. The standard InChI is InChI=1S/C17H15IN2O/c18-14-6-2-4-8-16(14)20-17(21)10-9-12-11-19-15-7-3-1-5-13(12)15/h1-8,11,19H,9-10H2,(H,20,21). The lowest BCUT2D eigenvalue weighted by Gasteiger charge is -2.06. The lowest BCUT2D eigenvalue weighted by Crippen LogP contribution is -2.13. The molecule has 0 aliphatic heterocycles. The maximum Gasteiger partial charge on any atom is 0.224 e. The van der Waals surface area contributed by atoms with Gasteiger partial charge in [0.25, 0.3) is 0 Å². The summed E-state index contributed by atoms with van der Waals surface area (Å²) in [4.78, 5) is 15.3. The van der Waals surface area contributed by atoms with Gasteiger partial charge in [-0.3, -0.25) is 4.79 Å². The van der Waals surface area contributed by atoms with Crippen molar-refractivity contribution in [3.05, 3.63) is 63.9 Å². The SMILES string of the molecule is O=C(CCc1c[nH]c2ccccc12)Nc1ccccc1I. The number of fused-ring (bicyclic) bond motifs is 1. The fraction of sp³-hybridized carbons (Fsp3) is 0.118. The first-order valence-electron chi connectivity index (χ1n) is 6.83. The van der Waals surface area contributed by atoms with Gasteiger partial charge in [-0.05, 0) is 52.8 Å². The molecule has 3 aromatic rings. The molecule has 21 heavy (non-hydrogen) atoms. The van der Waals surface area contributed by atoms with Crippen LogP contribution in [-0.2, 0) is 11.2 Å². The zero-order valence-corrected chi connectivity index (χ0v) is 13.6. The average Bonchev–Trinajstić information content (AvgIpc) is 2.91. The number of halogens is 1. The van der Waals surface area contributed by atoms with Gasteiger partial charge in [0, 0.05) is 27.1 Å². The molecule has 1 heterocycles. The summed E-state index contributed by atoms with van der Waals surface area (Å²) in [6, 6.07) is 15.9. The number of benzene rings is 2. The first kappa shape index (κ1) is 14.1. The number of para-hydroxylation sites is 2. The average molecular weight is 390 g/mol. The summed E-state index contributed by atoms with van der Waals surface area (Å²) < 4.78 is 1.05. The van der Waals surface area contributed by atoms with Gasteiger partial charge in [-0.1, -0.05) is 30.3 Å². The number of anilines is 1. The van der Waals surface area contributed by atoms with Crippen LogP contribution in [0.5, 0.6) is 0 Å². The third-order valence-electron chi connectivity index (χ3n) is 3.44. The number of carbonyl (C=O) groups excluding carboxylic acids is 1. The Hall–Kier alpha value is -1.82. The number of hydrogen-bond acceptors (Lipinski definition) is 1. The van der Waals surface area contributed by atoms with Gasteiger partial charge in [0.2, 0.25) is 5.91 Å². The highest BCUT2D eigenvalue weighted by molar-refractivity contribution is 14.1. The van der Waals surface area contributed by atoms with Gasteiger partial charge in [0.05, 0.1) is 5.69 Å². The summed E-state index contributed by atoms with van der Waals surface area (Å²) >= 11 is 2.22. The van der Waals surface area contributed by atoms with Crippen LogP contribution in [0.4, 0.5) is 5.69 Å². The molecule has 0 bridgehead atoms. The molecule has 2 aromatic carbocycles. The summed E-state index contributed by atoms with van der Waals surface area (Å²) in [6.45, 7) is 0. The van der Waals surface area contributed by atoms with Crippen LogP contribution in [0.25, 0.3) is 10.9 Å². The van der Waals surface area contributed by atoms with E-state index in [-0.39, 0.29) is 5.91 Å². The Labute approximate surface area is 136 Å². The quantitative estimate of drug-likeness (QED) is 0.640. The van der Waals surface area contributed by atoms with Crippen LogP contribution < -0.4 is 5.32 Å². The Morgan fingerprint density at radius 3 is 2.71 bits per heavy atom. The summed E-state index contributed by atoms with van der Waals surface area (Å²) in [5.74, 6) is 0.0457. The zero-order chi connectivity index (χ0) is 14.7. The first-order chi connectivity index (χ1) is 10.2. The molecule has 0 fully saturated rings. The van der Waals surface area contributed by atoms with E-state index in [1.807, 2.05) is 48.7 Å². The van der Waals surface area contributed by atoms with Crippen molar-refractivity contribution in [2.45, 2.75) is 12.8 Å². The van der Waals surface area contributed by atoms with E-state index in [0.717, 1.165) is 21.2 Å². The van der Waals surface area contributed by atoms with Gasteiger partial charge >= 0.3 is 0 Å². The Balaban J connectivity index is 1.65. The molecule has 0 saturated carbocycles. The molecule has 0 atom stereocenters. The van der Waals surface area contributed by atoms with E-state index in [4.69, 9.17) is 0 Å². The maximum absolute atomic E-state index is 12.1. The highest BCUT2D eigenvalue weighted by Gasteiger charge is 2.08. The largest absolute Gasteiger partial charge is 0.361 e. The Morgan fingerprint density at radius 1 is 1.10 bits per heavy atom. The van der Waals surface area contributed by atoms with Gasteiger partial charge in [-0.15, -0.1) is 0 Å². The predicted octanol–water partition coefficient (Wildman–Crippen LogP) is 4.34. The predicted molar refractivity (Wildman–Crippen MR) is 94.4 cm³/mol. The highest BCUT2D eigenvalue weighted by Crippen LogP contribution is 2.20. The molecule has 3 rings (SSSR count). The Morgan fingerprint density at radius 2 is 1.86 bits per heavy atom. The molecular formula is C17H15IN2O. The van der Waals surface area contributed by atoms with Crippen molar-refractivity contribution >= 4 is 45.1 Å². The highest BCUT2D eigenvalue weighted by atomic mass is 127. The van der Waals surface area contributed by atoms with Crippen molar-refractivity contribution in [3.63, 3.8) is 0 Å². The second kappa shape index (κ2) is 6.30. The minimum atomic E-state index is 0.0457. The van der Waals surface area contributed by atoms with Gasteiger partial charge in [0.15, 0.2) is 0 Å². The molecule has 3 nitrogen and oxygen atoms in total. The van der Waals surface area contributed by atoms with Crippen molar-refractivity contribution < 1.29 is 4.79 Å². The summed E-state index contributed by atoms with van der Waals surface area (Å²) in [6.07, 6.45) is 3.20. The molecule has 4 heteroatoms. The molecule has 0 unspecified atom stereocenters. The van der Waals surface area contributed by atoms with Crippen molar-refractivity contribution in [1.82, 2.24) is 4.98 Å². The van der Waals surface area contributed by atoms with E-state index in [1.165, 1.54) is 10.9 Å². The molecule has 0 radical (unpaired) electrons. The van der Waals surface area contributed by atoms with Crippen molar-refractivity contribution in [3.8, 4) is 0 Å². The van der Waals surface area contributed by atoms with E-state index in [1.54, 1.807) is 0 Å². The first-order valence-corrected chi connectivity index (χ1v) is 7.91. The molecule has 0 aliphatic rings. The number of amides is 1. The number of rotatable bonds is 4. The van der Waals surface area contributed by atoms with Gasteiger partial charge < -0.3 is 10.3 Å². The molecule has 106 valence electrons. The van der Waals surface area contributed by atoms with Crippen LogP contribution in [0.3, 0.4) is 0 Å². The molecule has 0 aliphatic carbocycles. The zero-order valence-electron chi connectivity index (χ0n) is 11.4. The number of hydrogen-bond donors (Lipinski definition) is 2. The van der Waals surface area contributed by atoms with E-state index in [0.29, 0.717) is 6.42 Å². The van der Waals surface area contributed by atoms with Crippen molar-refractivity contribution in [2.24, 2.45) is 0 Å². The van der Waals surface area contributed by atoms with Crippen LogP contribution in [0.2, 0.25) is 0 Å². The minimum absolute atomic E-state index is 0.0457. The van der Waals surface area contributed by atoms with Crippen molar-refractivity contribution in [2.75, 3.05) is 5.32 Å². The van der Waals surface area contributed by atoms with E-state index in [2.05, 4.69) is 39.0 Å². The Bertz CT molecular complexity index is 779. The Kier molecular flexibility index (Phi) is 4.24. The summed E-state index contributed by atoms with van der Waals surface area (Å²) in [5.41, 5.74) is 3.18. The topological polar surface area (TPSA) is 44.9 Å². The molecule has 1 amide bonds. The molecule has 0 spiro atoms.